The molecule has 2 rings (SSSR count). The van der Waals surface area contributed by atoms with Gasteiger partial charge in [0.15, 0.2) is 7.14 Å². The molecular formula is C22H30F6IO2Sb. The van der Waals surface area contributed by atoms with Gasteiger partial charge in [0.2, 0.25) is 0 Å². The second kappa shape index (κ2) is 12.7. The Morgan fingerprint density at radius 2 is 1.28 bits per heavy atom. The Kier molecular flexibility index (Phi) is 11.6. The fourth-order valence-electron chi connectivity index (χ4n) is 2.63. The number of aliphatic hydroxyl groups excluding tert-OH is 1. The van der Waals surface area contributed by atoms with Crippen molar-refractivity contribution >= 4 is 19.5 Å². The maximum absolute atomic E-state index is 11.2. The van der Waals surface area contributed by atoms with Crippen LogP contribution in [-0.4, -0.2) is 37.3 Å². The summed E-state index contributed by atoms with van der Waals surface area (Å²) in [7, 11) is 0. The van der Waals surface area contributed by atoms with Crippen molar-refractivity contribution in [1.29, 1.82) is 0 Å². The fourth-order valence-corrected chi connectivity index (χ4v) is 4.85. The number of unbranched alkanes of at least 4 members (excludes halogenated alkanes) is 5. The quantitative estimate of drug-likeness (QED) is 0.155. The number of hydrogen-bond donors (Lipinski definition) is 1. The molecule has 0 heterocycles. The van der Waals surface area contributed by atoms with Gasteiger partial charge in [0.05, 0.1) is 6.10 Å². The number of hydrogen-bond acceptors (Lipinski definition) is 2. The number of ether oxygens (including phenoxy) is 1. The van der Waals surface area contributed by atoms with Crippen molar-refractivity contribution < 1.29 is 47.9 Å². The summed E-state index contributed by atoms with van der Waals surface area (Å²) >= 11 is -11.4. The summed E-state index contributed by atoms with van der Waals surface area (Å²) in [5.41, 5.74) is 0. The zero-order valence-electron chi connectivity index (χ0n) is 17.9. The van der Waals surface area contributed by atoms with Crippen molar-refractivity contribution in [2.24, 2.45) is 0 Å². The Morgan fingerprint density at radius 3 is 1.84 bits per heavy atom. The van der Waals surface area contributed by atoms with Gasteiger partial charge in [0.25, 0.3) is 0 Å². The van der Waals surface area contributed by atoms with E-state index in [1.807, 2.05) is 12.1 Å². The van der Waals surface area contributed by atoms with Gasteiger partial charge >= 0.3 is 57.6 Å². The predicted octanol–water partition coefficient (Wildman–Crippen LogP) is 4.45. The third-order valence-corrected chi connectivity index (χ3v) is 6.78. The zero-order chi connectivity index (χ0) is 24.2. The number of halogens is 7. The Bertz CT molecular complexity index is 759. The van der Waals surface area contributed by atoms with Crippen molar-refractivity contribution in [3.63, 3.8) is 0 Å². The first kappa shape index (κ1) is 29.4. The van der Waals surface area contributed by atoms with E-state index in [2.05, 4.69) is 49.4 Å². The molecule has 2 aromatic carbocycles. The average Bonchev–Trinajstić information content (AvgIpc) is 2.68. The summed E-state index contributed by atoms with van der Waals surface area (Å²) in [6, 6.07) is 19.0. The topological polar surface area (TPSA) is 29.5 Å². The van der Waals surface area contributed by atoms with Crippen LogP contribution in [0.25, 0.3) is 0 Å². The molecule has 0 aliphatic rings. The van der Waals surface area contributed by atoms with Crippen molar-refractivity contribution in [3.8, 4) is 5.75 Å². The van der Waals surface area contributed by atoms with Gasteiger partial charge in [-0.1, -0.05) is 63.6 Å². The molecule has 0 fully saturated rings. The second-order valence-corrected chi connectivity index (χ2v) is 15.8. The van der Waals surface area contributed by atoms with E-state index in [1.165, 1.54) is 39.2 Å². The molecule has 0 aromatic heterocycles. The SMILES string of the molecule is CCCCCCCCC(O)COc1ccc([I+]c2ccccc2)cc1.[F][Sb-]([F])([F])([F])([F])[F]. The third-order valence-electron chi connectivity index (χ3n) is 4.10. The molecule has 0 amide bonds. The van der Waals surface area contributed by atoms with Crippen molar-refractivity contribution in [1.82, 2.24) is 0 Å². The van der Waals surface area contributed by atoms with Crippen LogP contribution in [-0.2, 0) is 0 Å². The average molecular weight is 689 g/mol. The molecule has 10 heteroatoms. The number of rotatable bonds is 12. The van der Waals surface area contributed by atoms with E-state index in [-0.39, 0.29) is 27.3 Å². The van der Waals surface area contributed by atoms with Crippen LogP contribution < -0.4 is 25.9 Å². The first-order valence-corrected chi connectivity index (χ1v) is 18.3. The van der Waals surface area contributed by atoms with Crippen LogP contribution in [0.5, 0.6) is 5.75 Å². The first-order chi connectivity index (χ1) is 14.7. The molecule has 1 N–H and O–H groups in total. The van der Waals surface area contributed by atoms with Gasteiger partial charge in [0, 0.05) is 0 Å². The predicted molar refractivity (Wildman–Crippen MR) is 112 cm³/mol. The van der Waals surface area contributed by atoms with Gasteiger partial charge in [-0.3, -0.25) is 0 Å². The minimum absolute atomic E-state index is 0.127. The second-order valence-electron chi connectivity index (χ2n) is 7.32. The Labute approximate surface area is 198 Å². The van der Waals surface area contributed by atoms with Gasteiger partial charge in [-0.05, 0) is 42.8 Å². The molecule has 184 valence electrons. The molecule has 0 aliphatic heterocycles. The molecule has 0 spiro atoms. The Balaban J connectivity index is 0.000000633. The fraction of sp³-hybridized carbons (Fsp3) is 0.455. The Morgan fingerprint density at radius 1 is 0.781 bits per heavy atom. The normalized spacial score (nSPS) is 14.5. The van der Waals surface area contributed by atoms with Crippen LogP contribution in [0.15, 0.2) is 54.6 Å². The third kappa shape index (κ3) is 20.0. The van der Waals surface area contributed by atoms with E-state index in [0.29, 0.717) is 6.61 Å². The monoisotopic (exact) mass is 688 g/mol. The number of benzene rings is 2. The summed E-state index contributed by atoms with van der Waals surface area (Å²) in [5.74, 6) is 0.850. The van der Waals surface area contributed by atoms with E-state index in [4.69, 9.17) is 4.74 Å². The molecule has 2 nitrogen and oxygen atoms in total. The summed E-state index contributed by atoms with van der Waals surface area (Å²) in [6.45, 7) is 2.62. The summed E-state index contributed by atoms with van der Waals surface area (Å²) in [5, 5.41) is 10.0. The van der Waals surface area contributed by atoms with Gasteiger partial charge in [0.1, 0.15) is 12.4 Å². The first-order valence-electron chi connectivity index (χ1n) is 10.4. The molecule has 0 saturated carbocycles. The molecule has 1 unspecified atom stereocenters. The molecule has 1 atom stereocenters. The molecular weight excluding hydrogens is 659 g/mol. The maximum atomic E-state index is 10.0. The molecule has 32 heavy (non-hydrogen) atoms. The minimum atomic E-state index is -11.2. The van der Waals surface area contributed by atoms with Crippen molar-refractivity contribution in [2.45, 2.75) is 58.0 Å². The van der Waals surface area contributed by atoms with E-state index in [9.17, 15) is 22.0 Å². The van der Waals surface area contributed by atoms with E-state index >= 15 is 0 Å². The summed E-state index contributed by atoms with van der Waals surface area (Å²) < 4.78 is 68.1. The van der Waals surface area contributed by atoms with Crippen molar-refractivity contribution in [2.75, 3.05) is 6.61 Å². The molecule has 0 bridgehead atoms. The zero-order valence-corrected chi connectivity index (χ0v) is 22.6. The van der Waals surface area contributed by atoms with Crippen LogP contribution in [0.3, 0.4) is 0 Å². The molecule has 0 radical (unpaired) electrons. The van der Waals surface area contributed by atoms with Crippen LogP contribution in [0.1, 0.15) is 51.9 Å². The molecule has 0 aliphatic carbocycles. The Hall–Kier alpha value is -0.672. The van der Waals surface area contributed by atoms with Crippen LogP contribution in [0, 0.1) is 7.14 Å². The van der Waals surface area contributed by atoms with Crippen molar-refractivity contribution in [3.05, 3.63) is 61.7 Å². The molecule has 2 aromatic rings. The van der Waals surface area contributed by atoms with E-state index in [1.54, 1.807) is 0 Å². The van der Waals surface area contributed by atoms with E-state index in [0.717, 1.165) is 18.6 Å². The van der Waals surface area contributed by atoms with E-state index < -0.39 is 19.5 Å². The van der Waals surface area contributed by atoms with Gasteiger partial charge in [-0.25, -0.2) is 0 Å². The standard InChI is InChI=1S/C22H30IO2.6FH.Sb/c1-2-3-4-5-6-10-13-21(24)18-25-22-16-14-20(15-17-22)23-19-11-8-7-9-12-19;;;;;;;/h7-9,11-12,14-17,21,24H,2-6,10,13,18H2,1H3;6*1H;/q+1;;;;;;;+5/p-6. The summed E-state index contributed by atoms with van der Waals surface area (Å²) in [6.07, 6.45) is 8.00. The van der Waals surface area contributed by atoms with Gasteiger partial charge in [-0.2, -0.15) is 0 Å². The van der Waals surface area contributed by atoms with Gasteiger partial charge in [-0.15, -0.1) is 0 Å². The van der Waals surface area contributed by atoms with Gasteiger partial charge < -0.3 is 9.84 Å². The van der Waals surface area contributed by atoms with Crippen LogP contribution in [0.2, 0.25) is 0 Å². The van der Waals surface area contributed by atoms with Crippen LogP contribution in [0.4, 0.5) is 16.9 Å². The molecule has 0 saturated heterocycles. The summed E-state index contributed by atoms with van der Waals surface area (Å²) in [4.78, 5) is 0. The van der Waals surface area contributed by atoms with Crippen LogP contribution >= 0.6 is 0 Å². The number of aliphatic hydroxyl groups is 1.